The lowest BCUT2D eigenvalue weighted by Gasteiger charge is -2.14. The Balaban J connectivity index is 2.47. The summed E-state index contributed by atoms with van der Waals surface area (Å²) in [5.41, 5.74) is 0.662. The molecule has 1 aromatic rings. The first kappa shape index (κ1) is 16.5. The van der Waals surface area contributed by atoms with E-state index in [1.165, 1.54) is 42.3 Å². The fraction of sp³-hybridized carbons (Fsp3) is 0.562. The summed E-state index contributed by atoms with van der Waals surface area (Å²) in [5, 5.41) is 2.66. The third-order valence-electron chi connectivity index (χ3n) is 3.01. The molecule has 1 aromatic heterocycles. The highest BCUT2D eigenvalue weighted by Gasteiger charge is 2.16. The van der Waals surface area contributed by atoms with Gasteiger partial charge in [-0.2, -0.15) is 0 Å². The molecule has 0 spiro atoms. The number of thioether (sulfide) groups is 1. The van der Waals surface area contributed by atoms with E-state index in [1.807, 2.05) is 0 Å². The van der Waals surface area contributed by atoms with Gasteiger partial charge in [-0.1, -0.05) is 57.0 Å². The quantitative estimate of drug-likeness (QED) is 0.444. The van der Waals surface area contributed by atoms with E-state index in [9.17, 15) is 4.79 Å². The Morgan fingerprint density at radius 1 is 1.42 bits per heavy atom. The molecule has 1 atom stereocenters. The van der Waals surface area contributed by atoms with E-state index in [4.69, 9.17) is 0 Å². The van der Waals surface area contributed by atoms with Gasteiger partial charge in [-0.25, -0.2) is 0 Å². The first-order valence-electron chi connectivity index (χ1n) is 7.02. The van der Waals surface area contributed by atoms with Gasteiger partial charge in [0, 0.05) is 10.1 Å². The average Bonchev–Trinajstić information content (AvgIpc) is 2.87. The fourth-order valence-electron chi connectivity index (χ4n) is 1.91. The van der Waals surface area contributed by atoms with E-state index in [2.05, 4.69) is 31.0 Å². The third-order valence-corrected chi connectivity index (χ3v) is 5.21. The maximum atomic E-state index is 11.8. The lowest BCUT2D eigenvalue weighted by atomic mass is 10.1. The van der Waals surface area contributed by atoms with Gasteiger partial charge in [-0.15, -0.1) is 11.3 Å². The molecule has 0 N–H and O–H groups in total. The summed E-state index contributed by atoms with van der Waals surface area (Å²) in [6.07, 6.45) is 7.19. The van der Waals surface area contributed by atoms with Crippen LogP contribution >= 0.6 is 23.1 Å². The smallest absolute Gasteiger partial charge is 0.214 e. The zero-order chi connectivity index (χ0) is 14.1. The minimum Gasteiger partial charge on any atom is -0.282 e. The molecular weight excluding hydrogens is 272 g/mol. The van der Waals surface area contributed by atoms with E-state index in [-0.39, 0.29) is 5.12 Å². The van der Waals surface area contributed by atoms with Gasteiger partial charge in [-0.05, 0) is 36.8 Å². The number of carbonyl (C=O) groups excluding carboxylic acids is 1. The Bertz CT molecular complexity index is 381. The molecule has 1 heterocycles. The Morgan fingerprint density at radius 2 is 2.21 bits per heavy atom. The molecule has 0 aliphatic heterocycles. The molecule has 1 rings (SSSR count). The van der Waals surface area contributed by atoms with Crippen molar-refractivity contribution in [1.29, 1.82) is 0 Å². The van der Waals surface area contributed by atoms with Crippen molar-refractivity contribution in [3.8, 4) is 0 Å². The lowest BCUT2D eigenvalue weighted by Crippen LogP contribution is -2.10. The summed E-state index contributed by atoms with van der Waals surface area (Å²) < 4.78 is 0. The van der Waals surface area contributed by atoms with Crippen molar-refractivity contribution in [2.24, 2.45) is 0 Å². The molecule has 106 valence electrons. The molecule has 0 aromatic carbocycles. The van der Waals surface area contributed by atoms with Crippen LogP contribution in [0.5, 0.6) is 0 Å². The summed E-state index contributed by atoms with van der Waals surface area (Å²) in [4.78, 5) is 13.2. The molecule has 0 saturated carbocycles. The van der Waals surface area contributed by atoms with Gasteiger partial charge in [0.15, 0.2) is 0 Å². The van der Waals surface area contributed by atoms with Gasteiger partial charge >= 0.3 is 0 Å². The maximum absolute atomic E-state index is 11.8. The molecule has 0 bridgehead atoms. The minimum absolute atomic E-state index is 0.150. The van der Waals surface area contributed by atoms with Crippen molar-refractivity contribution < 1.29 is 4.79 Å². The Labute approximate surface area is 125 Å². The van der Waals surface area contributed by atoms with Crippen molar-refractivity contribution in [1.82, 2.24) is 0 Å². The number of carbonyl (C=O) groups is 1. The standard InChI is InChI=1S/C16H24OS2/c1-4-5-6-7-9-15(19-16(17)13(2)3)12-14-10-8-11-18-14/h8,10-11,15H,2,4-7,9,12H2,1,3H3. The van der Waals surface area contributed by atoms with Crippen molar-refractivity contribution in [2.75, 3.05) is 0 Å². The van der Waals surface area contributed by atoms with Gasteiger partial charge in [0.2, 0.25) is 5.12 Å². The van der Waals surface area contributed by atoms with Crippen LogP contribution in [0.4, 0.5) is 0 Å². The minimum atomic E-state index is 0.150. The highest BCUT2D eigenvalue weighted by Crippen LogP contribution is 2.26. The van der Waals surface area contributed by atoms with Crippen LogP contribution in [0, 0.1) is 0 Å². The Hall–Kier alpha value is -0.540. The molecule has 0 amide bonds. The number of hydrogen-bond acceptors (Lipinski definition) is 3. The first-order valence-corrected chi connectivity index (χ1v) is 8.78. The van der Waals surface area contributed by atoms with E-state index < -0.39 is 0 Å². The highest BCUT2D eigenvalue weighted by atomic mass is 32.2. The van der Waals surface area contributed by atoms with Crippen molar-refractivity contribution >= 4 is 28.2 Å². The molecule has 0 aliphatic carbocycles. The number of unbranched alkanes of at least 4 members (excludes halogenated alkanes) is 3. The average molecular weight is 297 g/mol. The first-order chi connectivity index (χ1) is 9.13. The zero-order valence-electron chi connectivity index (χ0n) is 12.0. The molecule has 1 unspecified atom stereocenters. The predicted molar refractivity (Wildman–Crippen MR) is 88.0 cm³/mol. The number of thiophene rings is 1. The topological polar surface area (TPSA) is 17.1 Å². The van der Waals surface area contributed by atoms with Gasteiger partial charge in [0.1, 0.15) is 0 Å². The molecule has 1 nitrogen and oxygen atoms in total. The maximum Gasteiger partial charge on any atom is 0.214 e. The van der Waals surface area contributed by atoms with E-state index in [0.29, 0.717) is 10.8 Å². The molecular formula is C16H24OS2. The lowest BCUT2D eigenvalue weighted by molar-refractivity contribution is -0.107. The van der Waals surface area contributed by atoms with Crippen LogP contribution in [0.2, 0.25) is 0 Å². The molecule has 0 aliphatic rings. The van der Waals surface area contributed by atoms with Crippen LogP contribution in [-0.4, -0.2) is 10.4 Å². The van der Waals surface area contributed by atoms with Gasteiger partial charge in [0.25, 0.3) is 0 Å². The second-order valence-electron chi connectivity index (χ2n) is 4.94. The third kappa shape index (κ3) is 6.98. The normalized spacial score (nSPS) is 12.3. The van der Waals surface area contributed by atoms with Crippen LogP contribution < -0.4 is 0 Å². The molecule has 19 heavy (non-hydrogen) atoms. The molecule has 0 fully saturated rings. The molecule has 0 saturated heterocycles. The van der Waals surface area contributed by atoms with Crippen molar-refractivity contribution in [3.05, 3.63) is 34.5 Å². The summed E-state index contributed by atoms with van der Waals surface area (Å²) in [6.45, 7) is 7.77. The van der Waals surface area contributed by atoms with Crippen LogP contribution in [0.1, 0.15) is 50.8 Å². The van der Waals surface area contributed by atoms with Crippen molar-refractivity contribution in [2.45, 2.75) is 57.6 Å². The number of rotatable bonds is 9. The fourth-order valence-corrected chi connectivity index (χ4v) is 3.85. The van der Waals surface area contributed by atoms with Gasteiger partial charge in [0.05, 0.1) is 0 Å². The van der Waals surface area contributed by atoms with E-state index in [1.54, 1.807) is 18.3 Å². The zero-order valence-corrected chi connectivity index (χ0v) is 13.6. The predicted octanol–water partition coefficient (Wildman–Crippen LogP) is 5.47. The van der Waals surface area contributed by atoms with Crippen molar-refractivity contribution in [3.63, 3.8) is 0 Å². The summed E-state index contributed by atoms with van der Waals surface area (Å²) in [6, 6.07) is 4.24. The molecule has 3 heteroatoms. The second-order valence-corrected chi connectivity index (χ2v) is 7.25. The number of hydrogen-bond donors (Lipinski definition) is 0. The van der Waals surface area contributed by atoms with E-state index in [0.717, 1.165) is 12.8 Å². The molecule has 0 radical (unpaired) electrons. The van der Waals surface area contributed by atoms with Crippen LogP contribution in [0.15, 0.2) is 29.7 Å². The summed E-state index contributed by atoms with van der Waals surface area (Å²) >= 11 is 3.26. The monoisotopic (exact) mass is 296 g/mol. The van der Waals surface area contributed by atoms with Crippen LogP contribution in [0.3, 0.4) is 0 Å². The SMILES string of the molecule is C=C(C)C(=O)SC(CCCCCC)Cc1cccs1. The van der Waals surface area contributed by atoms with Crippen LogP contribution in [0.25, 0.3) is 0 Å². The van der Waals surface area contributed by atoms with Gasteiger partial charge in [-0.3, -0.25) is 4.79 Å². The largest absolute Gasteiger partial charge is 0.282 e. The Kier molecular flexibility index (Phi) is 8.15. The van der Waals surface area contributed by atoms with Gasteiger partial charge < -0.3 is 0 Å². The van der Waals surface area contributed by atoms with Crippen LogP contribution in [-0.2, 0) is 11.2 Å². The summed E-state index contributed by atoms with van der Waals surface area (Å²) in [5.74, 6) is 0. The second kappa shape index (κ2) is 9.38. The van der Waals surface area contributed by atoms with E-state index >= 15 is 0 Å². The Morgan fingerprint density at radius 3 is 2.79 bits per heavy atom. The highest BCUT2D eigenvalue weighted by molar-refractivity contribution is 8.14. The summed E-state index contributed by atoms with van der Waals surface area (Å²) in [7, 11) is 0.